The molecule has 2 rings (SSSR count). The first kappa shape index (κ1) is 9.93. The average molecular weight is 275 g/mol. The Labute approximate surface area is 93.6 Å². The largest absolute Gasteiger partial charge is 0.496 e. The molecule has 0 atom stereocenters. The van der Waals surface area contributed by atoms with E-state index in [1.54, 1.807) is 7.11 Å². The van der Waals surface area contributed by atoms with Gasteiger partial charge in [-0.15, -0.1) is 11.3 Å². The van der Waals surface area contributed by atoms with Crippen molar-refractivity contribution in [1.82, 2.24) is 0 Å². The van der Waals surface area contributed by atoms with Crippen LogP contribution in [0.5, 0.6) is 5.75 Å². The third-order valence-electron chi connectivity index (χ3n) is 2.04. The van der Waals surface area contributed by atoms with Crippen molar-refractivity contribution in [3.8, 4) is 5.75 Å². The molecule has 0 aliphatic rings. The molecular weight excluding hydrogens is 267 g/mol. The van der Waals surface area contributed by atoms with Gasteiger partial charge in [0.25, 0.3) is 0 Å². The number of benzene rings is 1. The Morgan fingerprint density at radius 2 is 2.29 bits per heavy atom. The number of thiophene rings is 1. The fraction of sp³-hybridized carbons (Fsp3) is 0.200. The highest BCUT2D eigenvalue weighted by Crippen LogP contribution is 2.35. The van der Waals surface area contributed by atoms with Crippen molar-refractivity contribution in [2.75, 3.05) is 7.11 Å². The standard InChI is InChI=1S/C10H8BrFOS/c1-13-8-2-7(12)3-9-10(8)6(4-11)5-14-9/h2-3,5H,4H2,1H3. The lowest BCUT2D eigenvalue weighted by molar-refractivity contribution is 0.416. The van der Waals surface area contributed by atoms with E-state index in [0.29, 0.717) is 5.75 Å². The minimum atomic E-state index is -0.252. The van der Waals surface area contributed by atoms with Crippen LogP contribution >= 0.6 is 27.3 Å². The van der Waals surface area contributed by atoms with Gasteiger partial charge in [-0.3, -0.25) is 0 Å². The van der Waals surface area contributed by atoms with Crippen LogP contribution < -0.4 is 4.74 Å². The van der Waals surface area contributed by atoms with Crippen LogP contribution in [0.25, 0.3) is 10.1 Å². The Hall–Kier alpha value is -0.610. The minimum absolute atomic E-state index is 0.252. The average Bonchev–Trinajstić information content (AvgIpc) is 2.59. The number of hydrogen-bond acceptors (Lipinski definition) is 2. The fourth-order valence-electron chi connectivity index (χ4n) is 1.42. The van der Waals surface area contributed by atoms with E-state index in [4.69, 9.17) is 4.74 Å². The molecule has 2 aromatic rings. The molecule has 4 heteroatoms. The molecule has 0 radical (unpaired) electrons. The van der Waals surface area contributed by atoms with E-state index in [-0.39, 0.29) is 5.82 Å². The van der Waals surface area contributed by atoms with E-state index in [0.717, 1.165) is 21.0 Å². The summed E-state index contributed by atoms with van der Waals surface area (Å²) < 4.78 is 19.2. The number of hydrogen-bond donors (Lipinski definition) is 0. The van der Waals surface area contributed by atoms with Gasteiger partial charge in [-0.1, -0.05) is 15.9 Å². The second-order valence-electron chi connectivity index (χ2n) is 2.88. The first-order chi connectivity index (χ1) is 6.76. The summed E-state index contributed by atoms with van der Waals surface area (Å²) in [4.78, 5) is 0. The molecule has 0 aliphatic heterocycles. The number of fused-ring (bicyclic) bond motifs is 1. The predicted molar refractivity (Wildman–Crippen MR) is 61.0 cm³/mol. The number of halogens is 2. The summed E-state index contributed by atoms with van der Waals surface area (Å²) in [6.45, 7) is 0. The third-order valence-corrected chi connectivity index (χ3v) is 3.63. The Kier molecular flexibility index (Phi) is 2.74. The number of rotatable bonds is 2. The van der Waals surface area contributed by atoms with Crippen LogP contribution in [0.3, 0.4) is 0 Å². The monoisotopic (exact) mass is 274 g/mol. The van der Waals surface area contributed by atoms with Gasteiger partial charge in [0.2, 0.25) is 0 Å². The van der Waals surface area contributed by atoms with Crippen LogP contribution in [-0.2, 0) is 5.33 Å². The molecule has 1 nitrogen and oxygen atoms in total. The maximum atomic E-state index is 13.1. The Morgan fingerprint density at radius 3 is 2.93 bits per heavy atom. The van der Waals surface area contributed by atoms with Gasteiger partial charge in [0.05, 0.1) is 7.11 Å². The zero-order chi connectivity index (χ0) is 10.1. The first-order valence-electron chi connectivity index (χ1n) is 4.06. The van der Waals surface area contributed by atoms with Crippen LogP contribution in [0, 0.1) is 5.82 Å². The van der Waals surface area contributed by atoms with Crippen molar-refractivity contribution in [2.24, 2.45) is 0 Å². The highest BCUT2D eigenvalue weighted by molar-refractivity contribution is 9.08. The molecule has 0 saturated carbocycles. The van der Waals surface area contributed by atoms with Crippen molar-refractivity contribution >= 4 is 37.4 Å². The summed E-state index contributed by atoms with van der Waals surface area (Å²) in [7, 11) is 1.56. The molecule has 0 aliphatic carbocycles. The highest BCUT2D eigenvalue weighted by Gasteiger charge is 2.10. The Morgan fingerprint density at radius 1 is 1.50 bits per heavy atom. The number of methoxy groups -OCH3 is 1. The smallest absolute Gasteiger partial charge is 0.130 e. The zero-order valence-electron chi connectivity index (χ0n) is 7.51. The van der Waals surface area contributed by atoms with Gasteiger partial charge in [0, 0.05) is 21.5 Å². The molecule has 1 aromatic heterocycles. The molecule has 0 amide bonds. The van der Waals surface area contributed by atoms with Gasteiger partial charge >= 0.3 is 0 Å². The molecule has 0 saturated heterocycles. The molecule has 0 N–H and O–H groups in total. The van der Waals surface area contributed by atoms with E-state index in [2.05, 4.69) is 15.9 Å². The van der Waals surface area contributed by atoms with Crippen molar-refractivity contribution in [1.29, 1.82) is 0 Å². The van der Waals surface area contributed by atoms with E-state index in [1.165, 1.54) is 23.5 Å². The number of alkyl halides is 1. The lowest BCUT2D eigenvalue weighted by Crippen LogP contribution is -1.86. The van der Waals surface area contributed by atoms with Gasteiger partial charge < -0.3 is 4.74 Å². The summed E-state index contributed by atoms with van der Waals surface area (Å²) >= 11 is 4.93. The first-order valence-corrected chi connectivity index (χ1v) is 6.06. The van der Waals surface area contributed by atoms with Gasteiger partial charge in [-0.2, -0.15) is 0 Å². The van der Waals surface area contributed by atoms with Crippen molar-refractivity contribution in [2.45, 2.75) is 5.33 Å². The van der Waals surface area contributed by atoms with Gasteiger partial charge in [-0.05, 0) is 17.0 Å². The highest BCUT2D eigenvalue weighted by atomic mass is 79.9. The van der Waals surface area contributed by atoms with Crippen LogP contribution in [0.2, 0.25) is 0 Å². The maximum Gasteiger partial charge on any atom is 0.130 e. The second-order valence-corrected chi connectivity index (χ2v) is 4.35. The van der Waals surface area contributed by atoms with Gasteiger partial charge in [0.15, 0.2) is 0 Å². The molecule has 1 aromatic carbocycles. The molecule has 0 spiro atoms. The summed E-state index contributed by atoms with van der Waals surface area (Å²) in [5, 5.41) is 3.78. The van der Waals surface area contributed by atoms with Crippen LogP contribution in [0.4, 0.5) is 4.39 Å². The summed E-state index contributed by atoms with van der Waals surface area (Å²) in [6, 6.07) is 2.95. The van der Waals surface area contributed by atoms with Crippen LogP contribution in [0.1, 0.15) is 5.56 Å². The normalized spacial score (nSPS) is 10.8. The summed E-state index contributed by atoms with van der Waals surface area (Å²) in [5.41, 5.74) is 1.14. The van der Waals surface area contributed by atoms with Gasteiger partial charge in [-0.25, -0.2) is 4.39 Å². The topological polar surface area (TPSA) is 9.23 Å². The Balaban J connectivity index is 2.78. The van der Waals surface area contributed by atoms with E-state index in [9.17, 15) is 4.39 Å². The van der Waals surface area contributed by atoms with Crippen LogP contribution in [-0.4, -0.2) is 7.11 Å². The molecule has 0 fully saturated rings. The summed E-state index contributed by atoms with van der Waals surface area (Å²) in [6.07, 6.45) is 0. The fourth-order valence-corrected chi connectivity index (χ4v) is 3.08. The maximum absolute atomic E-state index is 13.1. The molecular formula is C10H8BrFOS. The quantitative estimate of drug-likeness (QED) is 0.754. The molecule has 1 heterocycles. The minimum Gasteiger partial charge on any atom is -0.496 e. The summed E-state index contributed by atoms with van der Waals surface area (Å²) in [5.74, 6) is 0.355. The third kappa shape index (κ3) is 1.53. The Bertz CT molecular complexity index is 466. The zero-order valence-corrected chi connectivity index (χ0v) is 9.91. The molecule has 74 valence electrons. The second kappa shape index (κ2) is 3.87. The molecule has 14 heavy (non-hydrogen) atoms. The lowest BCUT2D eigenvalue weighted by Gasteiger charge is -2.03. The lowest BCUT2D eigenvalue weighted by atomic mass is 10.2. The van der Waals surface area contributed by atoms with E-state index >= 15 is 0 Å². The molecule has 0 bridgehead atoms. The van der Waals surface area contributed by atoms with Crippen molar-refractivity contribution in [3.63, 3.8) is 0 Å². The SMILES string of the molecule is COc1cc(F)cc2scc(CBr)c12. The molecule has 0 unspecified atom stereocenters. The van der Waals surface area contributed by atoms with Crippen molar-refractivity contribution < 1.29 is 9.13 Å². The predicted octanol–water partition coefficient (Wildman–Crippen LogP) is 3.94. The van der Waals surface area contributed by atoms with E-state index in [1.807, 2.05) is 5.38 Å². The van der Waals surface area contributed by atoms with Crippen molar-refractivity contribution in [3.05, 3.63) is 28.9 Å². The number of ether oxygens (including phenoxy) is 1. The van der Waals surface area contributed by atoms with E-state index < -0.39 is 0 Å². The van der Waals surface area contributed by atoms with Gasteiger partial charge in [0.1, 0.15) is 11.6 Å². The van der Waals surface area contributed by atoms with Crippen LogP contribution in [0.15, 0.2) is 17.5 Å².